The van der Waals surface area contributed by atoms with Gasteiger partial charge in [0.1, 0.15) is 0 Å². The van der Waals surface area contributed by atoms with E-state index in [0.717, 1.165) is 11.1 Å². The Morgan fingerprint density at radius 2 is 0.941 bits per heavy atom. The topological polar surface area (TPSA) is 133 Å². The minimum atomic E-state index is -1.23. The molecule has 0 bridgehead atoms. The lowest BCUT2D eigenvalue weighted by Gasteiger charge is -2.23. The Labute approximate surface area is 225 Å². The molecule has 0 atom stereocenters. The highest BCUT2D eigenvalue weighted by atomic mass is 35.5. The molecule has 0 unspecified atom stereocenters. The number of aromatic nitrogens is 2. The number of halogens is 6. The molecule has 0 saturated carbocycles. The highest BCUT2D eigenvalue weighted by molar-refractivity contribution is 6.55. The van der Waals surface area contributed by atoms with E-state index in [0.29, 0.717) is 0 Å². The molecule has 2 aromatic rings. The van der Waals surface area contributed by atoms with Gasteiger partial charge in [0.25, 0.3) is 0 Å². The predicted octanol–water partition coefficient (Wildman–Crippen LogP) is 2.37. The second kappa shape index (κ2) is 19.1. The van der Waals surface area contributed by atoms with E-state index < -0.39 is 33.1 Å². The summed E-state index contributed by atoms with van der Waals surface area (Å²) in [4.78, 5) is 27.3. The third kappa shape index (κ3) is 12.3. The molecule has 2 N–H and O–H groups in total. The van der Waals surface area contributed by atoms with Crippen molar-refractivity contribution in [1.82, 2.24) is 0 Å². The third-order valence-corrected chi connectivity index (χ3v) is 3.86. The molecule has 0 saturated heterocycles. The number of pyridine rings is 2. The molecule has 34 heavy (non-hydrogen) atoms. The zero-order valence-corrected chi connectivity index (χ0v) is 21.5. The third-order valence-electron chi connectivity index (χ3n) is 3.18. The highest BCUT2D eigenvalue weighted by Crippen LogP contribution is 2.23. The zero-order chi connectivity index (χ0) is 25.9. The summed E-state index contributed by atoms with van der Waals surface area (Å²) in [5, 5.41) is 27.9. The number of hydrogen-bond acceptors (Lipinski definition) is 6. The molecule has 14 heteroatoms. The van der Waals surface area contributed by atoms with E-state index in [4.69, 9.17) is 69.6 Å². The minimum absolute atomic E-state index is 0.194. The van der Waals surface area contributed by atoms with Gasteiger partial charge in [-0.3, -0.25) is 9.59 Å². The number of ketones is 2. The lowest BCUT2D eigenvalue weighted by Crippen LogP contribution is -2.31. The molecule has 2 heterocycles. The summed E-state index contributed by atoms with van der Waals surface area (Å²) in [5.74, 6) is -4.92. The van der Waals surface area contributed by atoms with Crippen LogP contribution in [-0.4, -0.2) is 34.7 Å². The monoisotopic (exact) mass is 586 g/mol. The van der Waals surface area contributed by atoms with Gasteiger partial charge in [0, 0.05) is 35.4 Å². The molecule has 0 aliphatic heterocycles. The van der Waals surface area contributed by atoms with Crippen LogP contribution in [0.25, 0.3) is 0 Å². The van der Waals surface area contributed by atoms with Crippen LogP contribution in [-0.2, 0) is 9.59 Å². The first-order valence-corrected chi connectivity index (χ1v) is 11.6. The predicted molar refractivity (Wildman–Crippen MR) is 130 cm³/mol. The van der Waals surface area contributed by atoms with Crippen molar-refractivity contribution in [3.05, 3.63) is 81.8 Å². The smallest absolute Gasteiger partial charge is 0.190 e. The van der Waals surface area contributed by atoms with Crippen LogP contribution < -0.4 is 20.2 Å². The van der Waals surface area contributed by atoms with E-state index in [1.54, 1.807) is 12.4 Å². The van der Waals surface area contributed by atoms with Crippen LogP contribution >= 0.6 is 69.6 Å². The van der Waals surface area contributed by atoms with Crippen LogP contribution in [0.1, 0.15) is 11.1 Å². The van der Waals surface area contributed by atoms with Gasteiger partial charge in [0.15, 0.2) is 36.4 Å². The number of carbonyl (C=O) groups is 2. The largest absolute Gasteiger partial charge is 0.869 e. The molecule has 8 nitrogen and oxygen atoms in total. The van der Waals surface area contributed by atoms with Crippen LogP contribution in [0.2, 0.25) is 0 Å². The van der Waals surface area contributed by atoms with E-state index in [-0.39, 0.29) is 10.7 Å². The number of allylic oxidation sites excluding steroid dienone is 2. The number of H-pyrrole nitrogens is 2. The van der Waals surface area contributed by atoms with Gasteiger partial charge in [0.2, 0.25) is 0 Å². The summed E-state index contributed by atoms with van der Waals surface area (Å²) in [5.41, 5.74) is 2.02. The molecule has 0 amide bonds. The first-order valence-electron chi connectivity index (χ1n) is 8.70. The lowest BCUT2D eigenvalue weighted by atomic mass is 10.1. The van der Waals surface area contributed by atoms with Crippen LogP contribution in [0.3, 0.4) is 0 Å². The molecule has 1 aliphatic carbocycles. The Hall–Kier alpha value is -2.20. The number of aromatic amines is 2. The van der Waals surface area contributed by atoms with Crippen molar-refractivity contribution in [2.75, 3.05) is 10.7 Å². The lowest BCUT2D eigenvalue weighted by molar-refractivity contribution is -0.378. The van der Waals surface area contributed by atoms with Gasteiger partial charge in [-0.1, -0.05) is 23.2 Å². The van der Waals surface area contributed by atoms with Crippen LogP contribution in [0.4, 0.5) is 0 Å². The van der Waals surface area contributed by atoms with Gasteiger partial charge in [-0.25, -0.2) is 9.97 Å². The molecule has 1 aliphatic rings. The Balaban J connectivity index is 0.000000534. The fraction of sp³-hybridized carbons (Fsp3) is 0.100. The standard InChI is InChI=1S/C12H10N4.C6H2Cl2O4.2CH2Cl2/c1-5-13-6-2-11(1)9-15-16-10-12-3-7-14-8-4-12;7-1-3(9)5(11)2(8)6(12)4(1)10;2*2-1-3/h1-10H;9,12H;2*1H2/b15-9+,16-10+;;;. The normalized spacial score (nSPS) is 13.1. The molecule has 0 aromatic carbocycles. The molecule has 3 rings (SSSR count). The molecule has 0 fully saturated rings. The average Bonchev–Trinajstić information content (AvgIpc) is 2.86. The van der Waals surface area contributed by atoms with E-state index in [9.17, 15) is 19.8 Å². The molecule has 0 spiro atoms. The molecular formula is C20H16Cl6N4O4. The second-order valence-electron chi connectivity index (χ2n) is 5.30. The summed E-state index contributed by atoms with van der Waals surface area (Å²) in [6.45, 7) is 0. The number of nitrogens with zero attached hydrogens (tertiary/aromatic N) is 2. The van der Waals surface area contributed by atoms with E-state index >= 15 is 0 Å². The average molecular weight is 589 g/mol. The summed E-state index contributed by atoms with van der Waals surface area (Å²) in [6, 6.07) is 7.71. The van der Waals surface area contributed by atoms with Crippen LogP contribution in [0.5, 0.6) is 0 Å². The Morgan fingerprint density at radius 1 is 0.676 bits per heavy atom. The number of nitrogens with one attached hydrogen (secondary N) is 2. The Bertz CT molecular complexity index is 920. The maximum atomic E-state index is 10.7. The fourth-order valence-electron chi connectivity index (χ4n) is 1.78. The summed E-state index contributed by atoms with van der Waals surface area (Å²) in [6.07, 6.45) is 10.8. The van der Waals surface area contributed by atoms with Gasteiger partial charge in [-0.2, -0.15) is 10.2 Å². The quantitative estimate of drug-likeness (QED) is 0.235. The van der Waals surface area contributed by atoms with Gasteiger partial charge in [0.05, 0.1) is 33.2 Å². The maximum absolute atomic E-state index is 10.7. The van der Waals surface area contributed by atoms with Crippen molar-refractivity contribution in [3.8, 4) is 0 Å². The summed E-state index contributed by atoms with van der Waals surface area (Å²) in [7, 11) is 0. The summed E-state index contributed by atoms with van der Waals surface area (Å²) < 4.78 is 0. The molecule has 0 radical (unpaired) electrons. The second-order valence-corrected chi connectivity index (χ2v) is 7.67. The van der Waals surface area contributed by atoms with Crippen LogP contribution in [0, 0.1) is 0 Å². The van der Waals surface area contributed by atoms with Crippen molar-refractivity contribution >= 4 is 93.6 Å². The van der Waals surface area contributed by atoms with Crippen molar-refractivity contribution < 1.29 is 29.8 Å². The molecule has 2 aromatic heterocycles. The molecule has 182 valence electrons. The number of carbonyl (C=O) groups excluding carboxylic acids is 2. The van der Waals surface area contributed by atoms with Crippen molar-refractivity contribution in [3.63, 3.8) is 0 Å². The van der Waals surface area contributed by atoms with Gasteiger partial charge >= 0.3 is 0 Å². The van der Waals surface area contributed by atoms with Gasteiger partial charge in [-0.05, 0) is 11.5 Å². The zero-order valence-electron chi connectivity index (χ0n) is 17.0. The molecular weight excluding hydrogens is 573 g/mol. The van der Waals surface area contributed by atoms with Crippen molar-refractivity contribution in [2.45, 2.75) is 0 Å². The van der Waals surface area contributed by atoms with Crippen LogP contribution in [0.15, 0.2) is 80.8 Å². The number of alkyl halides is 4. The van der Waals surface area contributed by atoms with E-state index in [1.807, 2.05) is 49.1 Å². The Kier molecular flexibility index (Phi) is 17.9. The number of rotatable bonds is 3. The van der Waals surface area contributed by atoms with Crippen molar-refractivity contribution in [2.24, 2.45) is 10.2 Å². The fourth-order valence-corrected chi connectivity index (χ4v) is 2.12. The number of hydrogen-bond donors (Lipinski definition) is 0. The van der Waals surface area contributed by atoms with E-state index in [2.05, 4.69) is 20.2 Å². The first-order chi connectivity index (χ1) is 16.2. The first kappa shape index (κ1) is 31.8. The van der Waals surface area contributed by atoms with E-state index in [1.165, 1.54) is 0 Å². The SMILES string of the molecule is C(=N\N=C\c1cc[nH+]cc1)/c1cc[nH+]cc1.ClCCl.ClCCl.O=C1C([O-])=C(Cl)C(=O)C([O-])=C1Cl. The number of Topliss-reactive ketones (excluding diaryl/α,β-unsaturated/α-hetero) is 2. The highest BCUT2D eigenvalue weighted by Gasteiger charge is 2.22. The summed E-state index contributed by atoms with van der Waals surface area (Å²) >= 11 is 29.2. The van der Waals surface area contributed by atoms with Gasteiger partial charge < -0.3 is 10.2 Å². The van der Waals surface area contributed by atoms with Crippen molar-refractivity contribution in [1.29, 1.82) is 0 Å². The minimum Gasteiger partial charge on any atom is -0.869 e. The Morgan fingerprint density at radius 3 is 1.21 bits per heavy atom. The maximum Gasteiger partial charge on any atom is 0.190 e. The van der Waals surface area contributed by atoms with Gasteiger partial charge in [-0.15, -0.1) is 46.4 Å².